The first-order chi connectivity index (χ1) is 68.1. The molecule has 0 amide bonds. The number of hydrogen-bond donors (Lipinski definition) is 0. The van der Waals surface area contributed by atoms with Gasteiger partial charge in [0.05, 0.1) is 83.8 Å². The number of ether oxygens (including phenoxy) is 5. The van der Waals surface area contributed by atoms with Gasteiger partial charge < -0.3 is 23.7 Å². The molecule has 676 valence electrons. The van der Waals surface area contributed by atoms with Gasteiger partial charge in [-0.2, -0.15) is 0 Å². The Balaban J connectivity index is 0.000000116. The largest absolute Gasteiger partial charge is 0.497 e. The molecule has 22 aromatic rings. The van der Waals surface area contributed by atoms with Crippen molar-refractivity contribution in [3.8, 4) is 164 Å². The molecule has 24 heteroatoms. The predicted molar refractivity (Wildman–Crippen MR) is 554 cm³/mol. The zero-order valence-corrected chi connectivity index (χ0v) is 78.4. The molecule has 21 nitrogen and oxygen atoms in total. The highest BCUT2D eigenvalue weighted by Crippen LogP contribution is 2.39. The van der Waals surface area contributed by atoms with Crippen molar-refractivity contribution in [3.63, 3.8) is 0 Å². The van der Waals surface area contributed by atoms with Crippen molar-refractivity contribution in [2.45, 2.75) is 13.8 Å². The van der Waals surface area contributed by atoms with E-state index in [1.165, 1.54) is 5.56 Å². The third-order valence-electron chi connectivity index (χ3n) is 22.5. The fourth-order valence-corrected chi connectivity index (χ4v) is 15.9. The Morgan fingerprint density at radius 1 is 0.230 bits per heavy atom. The number of ketones is 1. The van der Waals surface area contributed by atoms with Gasteiger partial charge in [-0.3, -0.25) is 29.7 Å². The van der Waals surface area contributed by atoms with E-state index in [0.29, 0.717) is 71.8 Å². The van der Waals surface area contributed by atoms with Gasteiger partial charge in [0.2, 0.25) is 0 Å². The number of methoxy groups -OCH3 is 5. The summed E-state index contributed by atoms with van der Waals surface area (Å²) < 4.78 is 26.8. The second-order valence-electron chi connectivity index (χ2n) is 31.7. The number of nitrogens with zero attached hydrogens (tertiary/aromatic N) is 15. The summed E-state index contributed by atoms with van der Waals surface area (Å²) in [5, 5.41) is 1.63. The lowest BCUT2D eigenvalue weighted by Gasteiger charge is -2.11. The van der Waals surface area contributed by atoms with Crippen LogP contribution in [0.15, 0.2) is 383 Å². The summed E-state index contributed by atoms with van der Waals surface area (Å²) in [6.45, 7) is 3.65. The van der Waals surface area contributed by atoms with Crippen LogP contribution in [0.1, 0.15) is 22.8 Å². The third kappa shape index (κ3) is 21.6. The molecule has 12 aromatic carbocycles. The van der Waals surface area contributed by atoms with Crippen molar-refractivity contribution in [2.75, 3.05) is 35.5 Å². The summed E-state index contributed by atoms with van der Waals surface area (Å²) in [5.74, 6) is 6.88. The lowest BCUT2D eigenvalue weighted by Crippen LogP contribution is -1.98. The Labute approximate surface area is 816 Å². The van der Waals surface area contributed by atoms with Crippen LogP contribution in [0, 0.1) is 6.92 Å². The van der Waals surface area contributed by atoms with Crippen LogP contribution in [0.25, 0.3) is 191 Å². The lowest BCUT2D eigenvalue weighted by molar-refractivity contribution is 0.101. The molecule has 139 heavy (non-hydrogen) atoms. The molecular weight excluding hydrogens is 1790 g/mol. The number of para-hydroxylation sites is 1. The summed E-state index contributed by atoms with van der Waals surface area (Å²) in [4.78, 5) is 82.3. The van der Waals surface area contributed by atoms with Crippen molar-refractivity contribution in [1.29, 1.82) is 0 Å². The molecule has 10 aromatic heterocycles. The monoisotopic (exact) mass is 1880 g/mol. The number of Topliss-reactive ketones (excluding diaryl/α,β-unsaturated/α-hetero) is 1. The molecule has 0 saturated heterocycles. The van der Waals surface area contributed by atoms with Gasteiger partial charge in [0.25, 0.3) is 0 Å². The maximum atomic E-state index is 11.6. The second-order valence-corrected chi connectivity index (χ2v) is 33.0. The molecule has 0 aliphatic rings. The second kappa shape index (κ2) is 42.9. The molecule has 0 saturated carbocycles. The van der Waals surface area contributed by atoms with Crippen LogP contribution < -0.4 is 23.7 Å². The Bertz CT molecular complexity index is 8180. The van der Waals surface area contributed by atoms with Crippen LogP contribution in [0.3, 0.4) is 0 Å². The highest BCUT2D eigenvalue weighted by Gasteiger charge is 2.22. The number of carbonyl (C=O) groups excluding carboxylic acids is 1. The van der Waals surface area contributed by atoms with Crippen molar-refractivity contribution in [3.05, 3.63) is 409 Å². The fourth-order valence-electron chi connectivity index (χ4n) is 15.5. The van der Waals surface area contributed by atoms with Gasteiger partial charge in [-0.1, -0.05) is 289 Å². The minimum atomic E-state index is 0.0429. The van der Waals surface area contributed by atoms with E-state index in [1.54, 1.807) is 67.1 Å². The van der Waals surface area contributed by atoms with E-state index in [1.807, 2.05) is 328 Å². The number of aryl methyl sites for hydroxylation is 1. The van der Waals surface area contributed by atoms with Crippen molar-refractivity contribution in [1.82, 2.24) is 74.8 Å². The highest BCUT2D eigenvalue weighted by atomic mass is 35.5. The molecule has 0 fully saturated rings. The van der Waals surface area contributed by atoms with Crippen LogP contribution in [0.2, 0.25) is 15.1 Å². The standard InChI is InChI=1S/C28H21N3O2.C27H21N3O.3C20H14ClN3O/c1-18(32)19-11-13-20(14-12-19)23-16-25-27(29-17-23)26(21-7-4-3-5-8-21)31-28(30-25)22-9-6-10-24(15-22)33-2;1-18-11-13-19(14-12-18)22-16-24-26(28-17-22)25(20-7-4-3-5-8-20)30-27(29-24)21-9-6-10-23(15-21)31-2;1-25-17-10-6-5-9-15(17)20-23-16-11-14(21)12-22-19(16)18(24-20)13-7-3-2-4-8-13;1-25-16-9-5-8-14(10-16)20-23-17-11-15(21)12-22-19(17)18(24-20)13-6-3-2-4-7-13;1-25-16-9-7-14(8-10-16)20-23-17-11-15(21)12-22-19(17)18(24-20)13-5-3-2-4-6-13/h3-17H,1-2H3;3-17H,1-2H3;3*2-12H,1H3. The van der Waals surface area contributed by atoms with E-state index in [-0.39, 0.29) is 5.78 Å². The number of benzene rings is 12. The van der Waals surface area contributed by atoms with Gasteiger partial charge in [-0.05, 0) is 128 Å². The Morgan fingerprint density at radius 2 is 0.511 bits per heavy atom. The van der Waals surface area contributed by atoms with Gasteiger partial charge in [0.15, 0.2) is 34.9 Å². The van der Waals surface area contributed by atoms with E-state index >= 15 is 0 Å². The SMILES string of the molecule is COc1ccc(-c2nc(-c3ccccc3)c3ncc(Cl)cc3n2)cc1.COc1cccc(-c2nc(-c3ccccc3)c3ncc(-c4ccc(C(C)=O)cc4)cc3n2)c1.COc1cccc(-c2nc(-c3ccccc3)c3ncc(-c4ccc(C)cc4)cc3n2)c1.COc1cccc(-c2nc(-c3ccccc3)c3ncc(Cl)cc3n2)c1.COc1ccccc1-c1nc(-c2ccccc2)c2ncc(Cl)cc2n1. The highest BCUT2D eigenvalue weighted by molar-refractivity contribution is 6.32. The van der Waals surface area contributed by atoms with E-state index in [0.717, 1.165) is 168 Å². The van der Waals surface area contributed by atoms with Gasteiger partial charge in [-0.25, -0.2) is 49.8 Å². The Hall–Kier alpha value is -17.4. The smallest absolute Gasteiger partial charge is 0.164 e. The van der Waals surface area contributed by atoms with Gasteiger partial charge in [0.1, 0.15) is 84.8 Å². The van der Waals surface area contributed by atoms with E-state index in [9.17, 15) is 4.79 Å². The van der Waals surface area contributed by atoms with Crippen molar-refractivity contribution >= 4 is 95.8 Å². The van der Waals surface area contributed by atoms with Gasteiger partial charge in [0, 0.05) is 97.7 Å². The third-order valence-corrected chi connectivity index (χ3v) is 23.1. The molecule has 0 radical (unpaired) electrons. The first-order valence-electron chi connectivity index (χ1n) is 44.1. The fraction of sp³-hybridized carbons (Fsp3) is 0.0609. The summed E-state index contributed by atoms with van der Waals surface area (Å²) in [7, 11) is 8.22. The number of pyridine rings is 5. The van der Waals surface area contributed by atoms with E-state index in [4.69, 9.17) is 103 Å². The Kier molecular flexibility index (Phi) is 28.4. The Morgan fingerprint density at radius 3 is 0.842 bits per heavy atom. The minimum absolute atomic E-state index is 0.0429. The van der Waals surface area contributed by atoms with Crippen LogP contribution in [0.4, 0.5) is 0 Å². The van der Waals surface area contributed by atoms with E-state index in [2.05, 4.69) is 67.2 Å². The molecule has 0 unspecified atom stereocenters. The van der Waals surface area contributed by atoms with E-state index < -0.39 is 0 Å². The lowest BCUT2D eigenvalue weighted by atomic mass is 10.0. The van der Waals surface area contributed by atoms with Crippen LogP contribution in [0.5, 0.6) is 28.7 Å². The molecule has 0 aliphatic heterocycles. The number of rotatable bonds is 18. The molecule has 0 N–H and O–H groups in total. The van der Waals surface area contributed by atoms with Crippen LogP contribution >= 0.6 is 34.8 Å². The van der Waals surface area contributed by atoms with Crippen molar-refractivity contribution in [2.24, 2.45) is 0 Å². The van der Waals surface area contributed by atoms with Gasteiger partial charge >= 0.3 is 0 Å². The maximum Gasteiger partial charge on any atom is 0.164 e. The normalized spacial score (nSPS) is 10.8. The van der Waals surface area contributed by atoms with Crippen molar-refractivity contribution < 1.29 is 28.5 Å². The first-order valence-corrected chi connectivity index (χ1v) is 45.2. The molecule has 22 rings (SSSR count). The summed E-state index contributed by atoms with van der Waals surface area (Å²) >= 11 is 18.4. The van der Waals surface area contributed by atoms with Crippen LogP contribution in [-0.4, -0.2) is 116 Å². The maximum absolute atomic E-state index is 11.6. The van der Waals surface area contributed by atoms with Gasteiger partial charge in [-0.15, -0.1) is 0 Å². The quantitative estimate of drug-likeness (QED) is 0.0723. The zero-order chi connectivity index (χ0) is 95.7. The predicted octanol–water partition coefficient (Wildman–Crippen LogP) is 27.6. The number of halogens is 3. The molecule has 0 atom stereocenters. The average Bonchev–Trinajstić information content (AvgIpc) is 0.767. The molecule has 0 spiro atoms. The summed E-state index contributed by atoms with van der Waals surface area (Å²) in [6.07, 6.45) is 8.57. The molecule has 0 bridgehead atoms. The number of fused-ring (bicyclic) bond motifs is 5. The summed E-state index contributed by atoms with van der Waals surface area (Å²) in [6, 6.07) is 114. The summed E-state index contributed by atoms with van der Waals surface area (Å²) in [5.41, 5.74) is 26.5. The average molecular weight is 1880 g/mol. The molecule has 10 heterocycles. The number of aromatic nitrogens is 15. The topological polar surface area (TPSA) is 257 Å². The number of carbonyl (C=O) groups is 1. The molecule has 0 aliphatic carbocycles. The van der Waals surface area contributed by atoms with Crippen LogP contribution in [-0.2, 0) is 0 Å². The first kappa shape index (κ1) is 92.1. The number of hydrogen-bond acceptors (Lipinski definition) is 21. The minimum Gasteiger partial charge on any atom is -0.497 e. The zero-order valence-electron chi connectivity index (χ0n) is 76.2. The molecular formula is C115H84Cl3N15O6.